The van der Waals surface area contributed by atoms with Gasteiger partial charge in [-0.3, -0.25) is 4.79 Å². The van der Waals surface area contributed by atoms with Crippen molar-refractivity contribution in [2.45, 2.75) is 299 Å². The fourth-order valence-corrected chi connectivity index (χ4v) is 9.78. The maximum absolute atomic E-state index is 13.2. The van der Waals surface area contributed by atoms with E-state index in [2.05, 4.69) is 92.1 Å². The molecule has 2 heterocycles. The predicted molar refractivity (Wildman–Crippen MR) is 318 cm³/mol. The van der Waals surface area contributed by atoms with Crippen molar-refractivity contribution in [2.24, 2.45) is 0 Å². The van der Waals surface area contributed by atoms with Crippen molar-refractivity contribution in [2.75, 3.05) is 19.8 Å². The molecule has 0 radical (unpaired) electrons. The number of hydrogen-bond donors (Lipinski definition) is 9. The number of hydrogen-bond acceptors (Lipinski definition) is 13. The molecule has 2 rings (SSSR count). The Balaban J connectivity index is 1.74. The molecule has 14 nitrogen and oxygen atoms in total. The summed E-state index contributed by atoms with van der Waals surface area (Å²) in [5, 5.41) is 87.0. The van der Waals surface area contributed by atoms with Gasteiger partial charge in [0.05, 0.1) is 32.0 Å². The largest absolute Gasteiger partial charge is 0.394 e. The summed E-state index contributed by atoms with van der Waals surface area (Å²) < 4.78 is 22.7. The van der Waals surface area contributed by atoms with E-state index in [1.807, 2.05) is 6.08 Å². The van der Waals surface area contributed by atoms with Crippen LogP contribution in [0.15, 0.2) is 85.1 Å². The standard InChI is InChI=1S/C65H113NO13/c1-3-5-7-9-11-13-15-17-19-20-21-22-23-24-25-26-27-28-29-30-31-32-33-35-36-38-40-42-44-46-48-54(69)53(66-57(70)49-47-45-43-41-39-37-34-18-16-14-12-10-8-6-4-2)52-76-64-62(75)60(73)63(56(51-68)78-64)79-65-61(74)59(72)58(71)55(50-67)77-65/h6,8,12,14,18,32-34,38-41,46,48,53-56,58-65,67-69,71-75H,3-5,7,9-11,13,15-17,19-31,35-37,42-45,47,49-52H2,1-2H3,(H,66,70)/b8-6-,14-12-,33-32+,34-18-,40-38+,41-39-,48-46+. The number of amides is 1. The SMILES string of the molecule is CC/C=C\C/C=C\C/C=C\C/C=C\CCCCC(=O)NC(COC1OC(CO)C(OC2OC(CO)C(O)C(O)C2O)C(O)C1O)C(O)/C=C/CC/C=C/CC/C=C/CCCCCCCCCCCCCCCCCCCCCC. The van der Waals surface area contributed by atoms with Crippen LogP contribution in [0.4, 0.5) is 0 Å². The summed E-state index contributed by atoms with van der Waals surface area (Å²) in [5.74, 6) is -0.296. The number of carbonyl (C=O) groups is 1. The smallest absolute Gasteiger partial charge is 0.220 e. The number of carbonyl (C=O) groups excluding carboxylic acids is 1. The van der Waals surface area contributed by atoms with E-state index in [1.54, 1.807) is 6.08 Å². The highest BCUT2D eigenvalue weighted by Crippen LogP contribution is 2.30. The molecule has 12 unspecified atom stereocenters. The van der Waals surface area contributed by atoms with Crippen molar-refractivity contribution in [1.29, 1.82) is 0 Å². The monoisotopic (exact) mass is 1120 g/mol. The molecule has 79 heavy (non-hydrogen) atoms. The Morgan fingerprint density at radius 2 is 0.886 bits per heavy atom. The zero-order valence-corrected chi connectivity index (χ0v) is 49.1. The lowest BCUT2D eigenvalue weighted by Crippen LogP contribution is -2.65. The number of allylic oxidation sites excluding steroid dienone is 13. The molecule has 2 aliphatic rings. The van der Waals surface area contributed by atoms with Crippen LogP contribution in [0, 0.1) is 0 Å². The van der Waals surface area contributed by atoms with Crippen LogP contribution in [0.25, 0.3) is 0 Å². The summed E-state index contributed by atoms with van der Waals surface area (Å²) in [6.07, 6.45) is 50.8. The minimum atomic E-state index is -1.80. The lowest BCUT2D eigenvalue weighted by Gasteiger charge is -2.46. The highest BCUT2D eigenvalue weighted by atomic mass is 16.7. The van der Waals surface area contributed by atoms with Crippen molar-refractivity contribution in [3.05, 3.63) is 85.1 Å². The molecule has 9 N–H and O–H groups in total. The molecule has 2 aliphatic heterocycles. The molecule has 0 saturated carbocycles. The minimum absolute atomic E-state index is 0.213. The fourth-order valence-electron chi connectivity index (χ4n) is 9.78. The maximum atomic E-state index is 13.2. The lowest BCUT2D eigenvalue weighted by molar-refractivity contribution is -0.359. The van der Waals surface area contributed by atoms with Crippen molar-refractivity contribution in [1.82, 2.24) is 5.32 Å². The van der Waals surface area contributed by atoms with Gasteiger partial charge >= 0.3 is 0 Å². The predicted octanol–water partition coefficient (Wildman–Crippen LogP) is 11.3. The van der Waals surface area contributed by atoms with Crippen molar-refractivity contribution in [3.63, 3.8) is 0 Å². The topological polar surface area (TPSA) is 228 Å². The summed E-state index contributed by atoms with van der Waals surface area (Å²) in [6, 6.07) is -0.965. The van der Waals surface area contributed by atoms with E-state index in [9.17, 15) is 45.6 Å². The fraction of sp³-hybridized carbons (Fsp3) is 0.769. The van der Waals surface area contributed by atoms with E-state index < -0.39 is 86.8 Å². The van der Waals surface area contributed by atoms with Gasteiger partial charge in [-0.2, -0.15) is 0 Å². The zero-order chi connectivity index (χ0) is 57.4. The Morgan fingerprint density at radius 1 is 0.468 bits per heavy atom. The second-order valence-corrected chi connectivity index (χ2v) is 21.8. The van der Waals surface area contributed by atoms with E-state index >= 15 is 0 Å². The zero-order valence-electron chi connectivity index (χ0n) is 49.1. The van der Waals surface area contributed by atoms with Gasteiger partial charge in [-0.15, -0.1) is 0 Å². The summed E-state index contributed by atoms with van der Waals surface area (Å²) in [5.41, 5.74) is 0. The highest BCUT2D eigenvalue weighted by molar-refractivity contribution is 5.76. The van der Waals surface area contributed by atoms with Crippen LogP contribution >= 0.6 is 0 Å². The summed E-state index contributed by atoms with van der Waals surface area (Å²) in [7, 11) is 0. The maximum Gasteiger partial charge on any atom is 0.220 e. The molecule has 0 aromatic rings. The van der Waals surface area contributed by atoms with E-state index in [1.165, 1.54) is 128 Å². The van der Waals surface area contributed by atoms with Crippen LogP contribution in [-0.2, 0) is 23.7 Å². The number of rotatable bonds is 49. The molecule has 14 heteroatoms. The highest BCUT2D eigenvalue weighted by Gasteiger charge is 2.51. The van der Waals surface area contributed by atoms with Crippen LogP contribution < -0.4 is 5.32 Å². The van der Waals surface area contributed by atoms with Crippen LogP contribution in [0.5, 0.6) is 0 Å². The number of aliphatic hydroxyl groups is 8. The Morgan fingerprint density at radius 3 is 1.39 bits per heavy atom. The van der Waals surface area contributed by atoms with Gasteiger partial charge in [-0.25, -0.2) is 0 Å². The molecule has 2 saturated heterocycles. The first kappa shape index (κ1) is 72.3. The third-order valence-electron chi connectivity index (χ3n) is 14.8. The van der Waals surface area contributed by atoms with Gasteiger partial charge in [-0.05, 0) is 83.5 Å². The molecule has 456 valence electrons. The van der Waals surface area contributed by atoms with Crippen LogP contribution in [0.1, 0.15) is 226 Å². The summed E-state index contributed by atoms with van der Waals surface area (Å²) >= 11 is 0. The van der Waals surface area contributed by atoms with Crippen LogP contribution in [0.3, 0.4) is 0 Å². The first-order valence-corrected chi connectivity index (χ1v) is 31.3. The molecule has 2 fully saturated rings. The number of aliphatic hydroxyl groups excluding tert-OH is 8. The van der Waals surface area contributed by atoms with Gasteiger partial charge in [0.15, 0.2) is 12.6 Å². The molecule has 0 spiro atoms. The molecule has 0 aromatic carbocycles. The quantitative estimate of drug-likeness (QED) is 0.0204. The van der Waals surface area contributed by atoms with E-state index in [0.717, 1.165) is 64.2 Å². The van der Waals surface area contributed by atoms with Crippen molar-refractivity contribution < 1.29 is 64.6 Å². The molecule has 12 atom stereocenters. The Kier molecular flexibility index (Phi) is 45.5. The Bertz CT molecular complexity index is 1650. The van der Waals surface area contributed by atoms with Gasteiger partial charge in [0.1, 0.15) is 48.8 Å². The van der Waals surface area contributed by atoms with Crippen LogP contribution in [-0.4, -0.2) is 140 Å². The van der Waals surface area contributed by atoms with Gasteiger partial charge < -0.3 is 65.1 Å². The third kappa shape index (κ3) is 35.0. The lowest BCUT2D eigenvalue weighted by atomic mass is 9.97. The average Bonchev–Trinajstić information content (AvgIpc) is 3.47. The second kappa shape index (κ2) is 49.8. The molecule has 1 amide bonds. The van der Waals surface area contributed by atoms with Gasteiger partial charge in [0, 0.05) is 6.42 Å². The van der Waals surface area contributed by atoms with Crippen LogP contribution in [0.2, 0.25) is 0 Å². The Labute approximate surface area is 478 Å². The number of unbranched alkanes of at least 4 members (excludes halogenated alkanes) is 24. The number of ether oxygens (including phenoxy) is 4. The van der Waals surface area contributed by atoms with Crippen molar-refractivity contribution in [3.8, 4) is 0 Å². The Hall–Kier alpha value is -2.83. The van der Waals surface area contributed by atoms with E-state index in [0.29, 0.717) is 12.8 Å². The molecule has 0 bridgehead atoms. The number of nitrogens with one attached hydrogen (secondary N) is 1. The average molecular weight is 1120 g/mol. The normalized spacial score (nSPS) is 25.0. The van der Waals surface area contributed by atoms with E-state index in [4.69, 9.17) is 18.9 Å². The van der Waals surface area contributed by atoms with Gasteiger partial charge in [-0.1, -0.05) is 221 Å². The molecule has 0 aliphatic carbocycles. The first-order valence-electron chi connectivity index (χ1n) is 31.3. The van der Waals surface area contributed by atoms with Gasteiger partial charge in [0.2, 0.25) is 5.91 Å². The molecular formula is C65H113NO13. The summed E-state index contributed by atoms with van der Waals surface area (Å²) in [4.78, 5) is 13.2. The molecule has 0 aromatic heterocycles. The first-order chi connectivity index (χ1) is 38.6. The molecular weight excluding hydrogens is 1000 g/mol. The van der Waals surface area contributed by atoms with Crippen molar-refractivity contribution >= 4 is 5.91 Å². The second-order valence-electron chi connectivity index (χ2n) is 21.8. The summed E-state index contributed by atoms with van der Waals surface area (Å²) in [6.45, 7) is 2.63. The third-order valence-corrected chi connectivity index (χ3v) is 14.8. The van der Waals surface area contributed by atoms with E-state index in [-0.39, 0.29) is 18.9 Å². The minimum Gasteiger partial charge on any atom is -0.394 e. The van der Waals surface area contributed by atoms with Gasteiger partial charge in [0.25, 0.3) is 0 Å².